The maximum atomic E-state index is 12.8. The molecule has 0 saturated heterocycles. The van der Waals surface area contributed by atoms with Crippen LogP contribution >= 0.6 is 0 Å². The van der Waals surface area contributed by atoms with E-state index in [0.29, 0.717) is 23.8 Å². The summed E-state index contributed by atoms with van der Waals surface area (Å²) in [6, 6.07) is 17.3. The number of nitrogens with two attached hydrogens (primary N) is 1. The standard InChI is InChI=1S/C22H25N3O2/c1-4-27-21(26)18-19(16-8-6-5-7-9-16)24-22(23)25-20(18)17-12-10-15(11-13-17)14(2)3/h5-14,20H,4H2,1-3H3,(H3,23,24,25). The van der Waals surface area contributed by atoms with Crippen LogP contribution in [0.15, 0.2) is 65.2 Å². The molecule has 5 heteroatoms. The van der Waals surface area contributed by atoms with Crippen molar-refractivity contribution in [3.8, 4) is 0 Å². The summed E-state index contributed by atoms with van der Waals surface area (Å²) in [4.78, 5) is 17.3. The molecular weight excluding hydrogens is 338 g/mol. The van der Waals surface area contributed by atoms with Crippen molar-refractivity contribution in [2.24, 2.45) is 10.7 Å². The first kappa shape index (κ1) is 18.7. The second-order valence-corrected chi connectivity index (χ2v) is 6.74. The molecule has 0 bridgehead atoms. The van der Waals surface area contributed by atoms with E-state index in [0.717, 1.165) is 11.1 Å². The van der Waals surface area contributed by atoms with Crippen molar-refractivity contribution in [1.29, 1.82) is 0 Å². The molecule has 0 aliphatic carbocycles. The number of ether oxygens (including phenoxy) is 1. The van der Waals surface area contributed by atoms with Crippen molar-refractivity contribution < 1.29 is 9.53 Å². The number of carbonyl (C=O) groups excluding carboxylic acids is 1. The highest BCUT2D eigenvalue weighted by Crippen LogP contribution is 2.35. The number of aliphatic imine (C=N–C) groups is 1. The van der Waals surface area contributed by atoms with Crippen molar-refractivity contribution in [3.05, 3.63) is 76.9 Å². The predicted octanol–water partition coefficient (Wildman–Crippen LogP) is 3.74. The molecule has 0 saturated carbocycles. The molecule has 140 valence electrons. The van der Waals surface area contributed by atoms with Crippen LogP contribution in [0.4, 0.5) is 0 Å². The fraction of sp³-hybridized carbons (Fsp3) is 0.273. The van der Waals surface area contributed by atoms with Gasteiger partial charge < -0.3 is 15.8 Å². The molecule has 0 amide bonds. The van der Waals surface area contributed by atoms with Crippen molar-refractivity contribution in [1.82, 2.24) is 5.32 Å². The van der Waals surface area contributed by atoms with Crippen LogP contribution in [-0.4, -0.2) is 18.5 Å². The second-order valence-electron chi connectivity index (χ2n) is 6.74. The number of guanidine groups is 1. The Labute approximate surface area is 160 Å². The zero-order valence-corrected chi connectivity index (χ0v) is 15.9. The normalized spacial score (nSPS) is 16.7. The Morgan fingerprint density at radius 2 is 1.81 bits per heavy atom. The topological polar surface area (TPSA) is 76.7 Å². The number of esters is 1. The zero-order chi connectivity index (χ0) is 19.4. The second kappa shape index (κ2) is 8.08. The third-order valence-corrected chi connectivity index (χ3v) is 4.54. The minimum absolute atomic E-state index is 0.278. The Kier molecular flexibility index (Phi) is 5.60. The fourth-order valence-corrected chi connectivity index (χ4v) is 3.13. The third-order valence-electron chi connectivity index (χ3n) is 4.54. The quantitative estimate of drug-likeness (QED) is 0.794. The SMILES string of the molecule is CCOC(=O)C1=C(c2ccccc2)NC(N)=NC1c1ccc(C(C)C)cc1. The van der Waals surface area contributed by atoms with Crippen LogP contribution in [0, 0.1) is 0 Å². The van der Waals surface area contributed by atoms with Crippen LogP contribution in [0.1, 0.15) is 49.4 Å². The number of carbonyl (C=O) groups is 1. The molecule has 1 heterocycles. The van der Waals surface area contributed by atoms with E-state index in [2.05, 4.69) is 36.3 Å². The average molecular weight is 363 g/mol. The van der Waals surface area contributed by atoms with Crippen molar-refractivity contribution in [3.63, 3.8) is 0 Å². The van der Waals surface area contributed by atoms with E-state index in [1.54, 1.807) is 6.92 Å². The summed E-state index contributed by atoms with van der Waals surface area (Å²) in [5.74, 6) is 0.318. The number of hydrogen-bond acceptors (Lipinski definition) is 5. The van der Waals surface area contributed by atoms with Gasteiger partial charge in [0.1, 0.15) is 6.04 Å². The maximum Gasteiger partial charge on any atom is 0.338 e. The summed E-state index contributed by atoms with van der Waals surface area (Å²) in [6.07, 6.45) is 0. The lowest BCUT2D eigenvalue weighted by Gasteiger charge is -2.26. The molecule has 0 aromatic heterocycles. The molecule has 0 spiro atoms. The van der Waals surface area contributed by atoms with Crippen LogP contribution in [0.25, 0.3) is 5.70 Å². The summed E-state index contributed by atoms with van der Waals surface area (Å²) in [5, 5.41) is 3.06. The smallest absolute Gasteiger partial charge is 0.338 e. The summed E-state index contributed by atoms with van der Waals surface area (Å²) in [5.41, 5.74) is 10.2. The molecule has 1 unspecified atom stereocenters. The van der Waals surface area contributed by atoms with Crippen molar-refractivity contribution in [2.45, 2.75) is 32.7 Å². The van der Waals surface area contributed by atoms with E-state index >= 15 is 0 Å². The first-order chi connectivity index (χ1) is 13.0. The molecule has 3 rings (SSSR count). The molecule has 3 N–H and O–H groups in total. The van der Waals surface area contributed by atoms with E-state index < -0.39 is 12.0 Å². The van der Waals surface area contributed by atoms with E-state index in [1.807, 2.05) is 42.5 Å². The molecule has 0 radical (unpaired) electrons. The number of rotatable bonds is 5. The monoisotopic (exact) mass is 363 g/mol. The summed E-state index contributed by atoms with van der Waals surface area (Å²) >= 11 is 0. The lowest BCUT2D eigenvalue weighted by Crippen LogP contribution is -2.37. The van der Waals surface area contributed by atoms with Gasteiger partial charge in [-0.15, -0.1) is 0 Å². The molecule has 1 aliphatic rings. The zero-order valence-electron chi connectivity index (χ0n) is 15.9. The Morgan fingerprint density at radius 1 is 1.15 bits per heavy atom. The van der Waals surface area contributed by atoms with E-state index in [1.165, 1.54) is 5.56 Å². The van der Waals surface area contributed by atoms with Crippen LogP contribution < -0.4 is 11.1 Å². The van der Waals surface area contributed by atoms with Gasteiger partial charge in [-0.1, -0.05) is 68.4 Å². The van der Waals surface area contributed by atoms with Gasteiger partial charge in [0, 0.05) is 0 Å². The highest BCUT2D eigenvalue weighted by molar-refractivity contribution is 6.04. The highest BCUT2D eigenvalue weighted by Gasteiger charge is 2.32. The van der Waals surface area contributed by atoms with Gasteiger partial charge in [-0.2, -0.15) is 0 Å². The average Bonchev–Trinajstić information content (AvgIpc) is 2.68. The van der Waals surface area contributed by atoms with Crippen LogP contribution in [0.2, 0.25) is 0 Å². The number of hydrogen-bond donors (Lipinski definition) is 2. The molecule has 27 heavy (non-hydrogen) atoms. The number of nitrogens with zero attached hydrogens (tertiary/aromatic N) is 1. The van der Waals surface area contributed by atoms with Gasteiger partial charge in [-0.3, -0.25) is 0 Å². The van der Waals surface area contributed by atoms with E-state index in [-0.39, 0.29) is 5.96 Å². The minimum Gasteiger partial charge on any atom is -0.463 e. The van der Waals surface area contributed by atoms with Crippen LogP contribution in [0.3, 0.4) is 0 Å². The minimum atomic E-state index is -0.512. The van der Waals surface area contributed by atoms with Crippen LogP contribution in [-0.2, 0) is 9.53 Å². The molecule has 1 atom stereocenters. The Balaban J connectivity index is 2.12. The molecular formula is C22H25N3O2. The van der Waals surface area contributed by atoms with Gasteiger partial charge in [0.15, 0.2) is 5.96 Å². The molecule has 5 nitrogen and oxygen atoms in total. The third kappa shape index (κ3) is 4.03. The lowest BCUT2D eigenvalue weighted by atomic mass is 9.92. The predicted molar refractivity (Wildman–Crippen MR) is 108 cm³/mol. The van der Waals surface area contributed by atoms with Gasteiger partial charge in [0.05, 0.1) is 17.9 Å². The van der Waals surface area contributed by atoms with Gasteiger partial charge in [-0.05, 0) is 29.5 Å². The lowest BCUT2D eigenvalue weighted by molar-refractivity contribution is -0.138. The molecule has 2 aromatic rings. The number of benzene rings is 2. The van der Waals surface area contributed by atoms with E-state index in [9.17, 15) is 4.79 Å². The molecule has 1 aliphatic heterocycles. The summed E-state index contributed by atoms with van der Waals surface area (Å²) in [7, 11) is 0. The van der Waals surface area contributed by atoms with Gasteiger partial charge in [0.25, 0.3) is 0 Å². The Hall–Kier alpha value is -3.08. The largest absolute Gasteiger partial charge is 0.463 e. The summed E-state index contributed by atoms with van der Waals surface area (Å²) in [6.45, 7) is 6.38. The van der Waals surface area contributed by atoms with Crippen LogP contribution in [0.5, 0.6) is 0 Å². The molecule has 0 fully saturated rings. The van der Waals surface area contributed by atoms with E-state index in [4.69, 9.17) is 10.5 Å². The van der Waals surface area contributed by atoms with Gasteiger partial charge in [0.2, 0.25) is 0 Å². The Bertz CT molecular complexity index is 868. The van der Waals surface area contributed by atoms with Crippen molar-refractivity contribution >= 4 is 17.6 Å². The summed E-state index contributed by atoms with van der Waals surface area (Å²) < 4.78 is 5.34. The molecule has 2 aromatic carbocycles. The Morgan fingerprint density at radius 3 is 2.41 bits per heavy atom. The maximum absolute atomic E-state index is 12.8. The number of nitrogens with one attached hydrogen (secondary N) is 1. The van der Waals surface area contributed by atoms with Crippen molar-refractivity contribution in [2.75, 3.05) is 6.61 Å². The van der Waals surface area contributed by atoms with Gasteiger partial charge in [-0.25, -0.2) is 9.79 Å². The first-order valence-corrected chi connectivity index (χ1v) is 9.18. The van der Waals surface area contributed by atoms with Gasteiger partial charge >= 0.3 is 5.97 Å². The highest BCUT2D eigenvalue weighted by atomic mass is 16.5. The first-order valence-electron chi connectivity index (χ1n) is 9.18. The fourth-order valence-electron chi connectivity index (χ4n) is 3.13.